The van der Waals surface area contributed by atoms with Crippen molar-refractivity contribution < 1.29 is 14.5 Å². The van der Waals surface area contributed by atoms with Crippen LogP contribution in [0.25, 0.3) is 0 Å². The Bertz CT molecular complexity index is 564. The SMILES string of the molecule is Cc1cc(N[C@@H](C(=O)OC(C)(C)C)C(C)C)ncc1[N+](=O)[O-]. The summed E-state index contributed by atoms with van der Waals surface area (Å²) in [5.41, 5.74) is -0.150. The van der Waals surface area contributed by atoms with E-state index in [-0.39, 0.29) is 17.6 Å². The molecule has 0 aliphatic heterocycles. The van der Waals surface area contributed by atoms with Crippen LogP contribution in [0.4, 0.5) is 11.5 Å². The Hall–Kier alpha value is -2.18. The second-order valence-corrected chi connectivity index (χ2v) is 6.51. The van der Waals surface area contributed by atoms with Crippen molar-refractivity contribution in [2.24, 2.45) is 5.92 Å². The van der Waals surface area contributed by atoms with E-state index in [4.69, 9.17) is 4.74 Å². The standard InChI is InChI=1S/C15H23N3O4/c1-9(2)13(14(19)22-15(4,5)6)17-12-7-10(3)11(8-16-12)18(20)21/h7-9,13H,1-6H3,(H,16,17)/t13-/m1/s1. The molecule has 0 radical (unpaired) electrons. The largest absolute Gasteiger partial charge is 0.458 e. The molecule has 1 heterocycles. The number of hydrogen-bond acceptors (Lipinski definition) is 6. The minimum absolute atomic E-state index is 0.0212. The molecule has 0 saturated heterocycles. The summed E-state index contributed by atoms with van der Waals surface area (Å²) in [6.07, 6.45) is 1.18. The van der Waals surface area contributed by atoms with E-state index in [1.54, 1.807) is 33.8 Å². The Morgan fingerprint density at radius 1 is 1.41 bits per heavy atom. The average molecular weight is 309 g/mol. The molecule has 0 fully saturated rings. The van der Waals surface area contributed by atoms with Crippen LogP contribution in [0, 0.1) is 23.0 Å². The number of carbonyl (C=O) groups excluding carboxylic acids is 1. The lowest BCUT2D eigenvalue weighted by molar-refractivity contribution is -0.385. The highest BCUT2D eigenvalue weighted by Crippen LogP contribution is 2.21. The first-order valence-corrected chi connectivity index (χ1v) is 7.11. The maximum absolute atomic E-state index is 12.2. The molecule has 0 spiro atoms. The number of esters is 1. The average Bonchev–Trinajstić information content (AvgIpc) is 2.32. The van der Waals surface area contributed by atoms with Crippen molar-refractivity contribution in [2.45, 2.75) is 53.2 Å². The first-order chi connectivity index (χ1) is 10.0. The summed E-state index contributed by atoms with van der Waals surface area (Å²) in [5, 5.41) is 13.8. The van der Waals surface area contributed by atoms with Crippen LogP contribution in [-0.4, -0.2) is 27.5 Å². The zero-order chi connectivity index (χ0) is 17.1. The smallest absolute Gasteiger partial charge is 0.329 e. The van der Waals surface area contributed by atoms with Gasteiger partial charge in [0, 0.05) is 5.56 Å². The van der Waals surface area contributed by atoms with Gasteiger partial charge in [0.2, 0.25) is 0 Å². The van der Waals surface area contributed by atoms with E-state index < -0.39 is 16.6 Å². The van der Waals surface area contributed by atoms with Crippen molar-refractivity contribution in [3.05, 3.63) is 27.9 Å². The van der Waals surface area contributed by atoms with Crippen molar-refractivity contribution in [1.29, 1.82) is 0 Å². The Balaban J connectivity index is 2.95. The van der Waals surface area contributed by atoms with Crippen LogP contribution in [-0.2, 0) is 9.53 Å². The van der Waals surface area contributed by atoms with Crippen molar-refractivity contribution in [1.82, 2.24) is 4.98 Å². The number of nitrogens with zero attached hydrogens (tertiary/aromatic N) is 2. The number of carbonyl (C=O) groups is 1. The fraction of sp³-hybridized carbons (Fsp3) is 0.600. The van der Waals surface area contributed by atoms with Gasteiger partial charge in [-0.2, -0.15) is 0 Å². The number of pyridine rings is 1. The lowest BCUT2D eigenvalue weighted by Gasteiger charge is -2.26. The maximum Gasteiger partial charge on any atom is 0.329 e. The predicted octanol–water partition coefficient (Wildman–Crippen LogP) is 3.08. The molecule has 22 heavy (non-hydrogen) atoms. The molecule has 0 saturated carbocycles. The number of rotatable bonds is 5. The van der Waals surface area contributed by atoms with Crippen LogP contribution >= 0.6 is 0 Å². The van der Waals surface area contributed by atoms with Crippen LogP contribution in [0.2, 0.25) is 0 Å². The van der Waals surface area contributed by atoms with Gasteiger partial charge in [-0.05, 0) is 39.7 Å². The highest BCUT2D eigenvalue weighted by atomic mass is 16.6. The zero-order valence-corrected chi connectivity index (χ0v) is 13.8. The second-order valence-electron chi connectivity index (χ2n) is 6.51. The summed E-state index contributed by atoms with van der Waals surface area (Å²) >= 11 is 0. The fourth-order valence-corrected chi connectivity index (χ4v) is 1.84. The molecule has 122 valence electrons. The van der Waals surface area contributed by atoms with Gasteiger partial charge in [0.25, 0.3) is 5.69 Å². The van der Waals surface area contributed by atoms with Crippen molar-refractivity contribution in [3.8, 4) is 0 Å². The summed E-state index contributed by atoms with van der Waals surface area (Å²) in [6, 6.07) is 0.977. The molecule has 1 N–H and O–H groups in total. The van der Waals surface area contributed by atoms with E-state index in [0.717, 1.165) is 0 Å². The summed E-state index contributed by atoms with van der Waals surface area (Å²) < 4.78 is 5.39. The summed E-state index contributed by atoms with van der Waals surface area (Å²) in [5.74, 6) is 0.0140. The number of hydrogen-bond donors (Lipinski definition) is 1. The van der Waals surface area contributed by atoms with E-state index in [1.165, 1.54) is 6.20 Å². The third kappa shape index (κ3) is 4.98. The number of aromatic nitrogens is 1. The van der Waals surface area contributed by atoms with Crippen molar-refractivity contribution in [3.63, 3.8) is 0 Å². The fourth-order valence-electron chi connectivity index (χ4n) is 1.84. The van der Waals surface area contributed by atoms with Gasteiger partial charge in [-0.1, -0.05) is 13.8 Å². The Labute approximate surface area is 130 Å². The molecule has 0 amide bonds. The number of nitrogens with one attached hydrogen (secondary N) is 1. The Morgan fingerprint density at radius 2 is 2.00 bits per heavy atom. The van der Waals surface area contributed by atoms with Crippen LogP contribution < -0.4 is 5.32 Å². The van der Waals surface area contributed by atoms with Crippen LogP contribution in [0.3, 0.4) is 0 Å². The number of ether oxygens (including phenoxy) is 1. The third-order valence-electron chi connectivity index (χ3n) is 2.91. The molecular formula is C15H23N3O4. The van der Waals surface area contributed by atoms with Gasteiger partial charge in [-0.15, -0.1) is 0 Å². The minimum Gasteiger partial charge on any atom is -0.458 e. The highest BCUT2D eigenvalue weighted by molar-refractivity contribution is 5.79. The Kier molecular flexibility index (Phi) is 5.46. The van der Waals surface area contributed by atoms with Crippen molar-refractivity contribution >= 4 is 17.5 Å². The maximum atomic E-state index is 12.2. The first kappa shape index (κ1) is 17.9. The molecular weight excluding hydrogens is 286 g/mol. The predicted molar refractivity (Wildman–Crippen MR) is 83.7 cm³/mol. The molecule has 1 aromatic heterocycles. The molecule has 1 atom stereocenters. The number of nitro groups is 1. The third-order valence-corrected chi connectivity index (χ3v) is 2.91. The van der Waals surface area contributed by atoms with Crippen molar-refractivity contribution in [2.75, 3.05) is 5.32 Å². The topological polar surface area (TPSA) is 94.4 Å². The van der Waals surface area contributed by atoms with Gasteiger partial charge >= 0.3 is 5.97 Å². The molecule has 0 aliphatic rings. The minimum atomic E-state index is -0.579. The van der Waals surface area contributed by atoms with Crippen LogP contribution in [0.5, 0.6) is 0 Å². The van der Waals surface area contributed by atoms with Crippen LogP contribution in [0.15, 0.2) is 12.3 Å². The van der Waals surface area contributed by atoms with E-state index in [9.17, 15) is 14.9 Å². The zero-order valence-electron chi connectivity index (χ0n) is 13.8. The monoisotopic (exact) mass is 309 g/mol. The van der Waals surface area contributed by atoms with Gasteiger partial charge in [-0.3, -0.25) is 10.1 Å². The lowest BCUT2D eigenvalue weighted by atomic mass is 10.0. The summed E-state index contributed by atoms with van der Waals surface area (Å²) in [4.78, 5) is 26.6. The first-order valence-electron chi connectivity index (χ1n) is 7.11. The van der Waals surface area contributed by atoms with Gasteiger partial charge in [0.05, 0.1) is 4.92 Å². The van der Waals surface area contributed by atoms with E-state index >= 15 is 0 Å². The summed E-state index contributed by atoms with van der Waals surface area (Å²) in [6.45, 7) is 10.8. The molecule has 0 unspecified atom stereocenters. The van der Waals surface area contributed by atoms with E-state index in [2.05, 4.69) is 10.3 Å². The molecule has 7 heteroatoms. The Morgan fingerprint density at radius 3 is 2.41 bits per heavy atom. The lowest BCUT2D eigenvalue weighted by Crippen LogP contribution is -2.40. The number of anilines is 1. The molecule has 7 nitrogen and oxygen atoms in total. The molecule has 0 aromatic carbocycles. The molecule has 1 rings (SSSR count). The highest BCUT2D eigenvalue weighted by Gasteiger charge is 2.28. The van der Waals surface area contributed by atoms with E-state index in [0.29, 0.717) is 11.4 Å². The van der Waals surface area contributed by atoms with Gasteiger partial charge in [0.1, 0.15) is 23.7 Å². The van der Waals surface area contributed by atoms with E-state index in [1.807, 2.05) is 13.8 Å². The van der Waals surface area contributed by atoms with Gasteiger partial charge < -0.3 is 10.1 Å². The quantitative estimate of drug-likeness (QED) is 0.510. The van der Waals surface area contributed by atoms with Gasteiger partial charge in [0.15, 0.2) is 0 Å². The van der Waals surface area contributed by atoms with Crippen LogP contribution in [0.1, 0.15) is 40.2 Å². The second kappa shape index (κ2) is 6.72. The normalized spacial score (nSPS) is 12.9. The molecule has 1 aromatic rings. The molecule has 0 bridgehead atoms. The number of aryl methyl sites for hydroxylation is 1. The molecule has 0 aliphatic carbocycles. The summed E-state index contributed by atoms with van der Waals surface area (Å²) in [7, 11) is 0. The van der Waals surface area contributed by atoms with Gasteiger partial charge in [-0.25, -0.2) is 9.78 Å².